The lowest BCUT2D eigenvalue weighted by Crippen LogP contribution is -2.39. The van der Waals surface area contributed by atoms with Crippen LogP contribution in [0, 0.1) is 6.92 Å². The highest BCUT2D eigenvalue weighted by Crippen LogP contribution is 2.27. The number of carbonyl (C=O) groups excluding carboxylic acids is 1. The lowest BCUT2D eigenvalue weighted by atomic mass is 9.79. The molecule has 6 heteroatoms. The van der Waals surface area contributed by atoms with Crippen molar-refractivity contribution < 1.29 is 14.6 Å². The van der Waals surface area contributed by atoms with Crippen LogP contribution in [0.25, 0.3) is 0 Å². The summed E-state index contributed by atoms with van der Waals surface area (Å²) >= 11 is 0. The van der Waals surface area contributed by atoms with Crippen LogP contribution in [0.4, 0.5) is 0 Å². The van der Waals surface area contributed by atoms with Crippen LogP contribution in [-0.2, 0) is 13.0 Å². The summed E-state index contributed by atoms with van der Waals surface area (Å²) in [5.41, 5.74) is 9.66. The Hall–Kier alpha value is -3.09. The summed E-state index contributed by atoms with van der Waals surface area (Å²) in [6.07, 6.45) is 5.92. The Morgan fingerprint density at radius 1 is 1.20 bits per heavy atom. The van der Waals surface area contributed by atoms with Gasteiger partial charge in [0, 0.05) is 18.0 Å². The Kier molecular flexibility index (Phi) is 15.1. The van der Waals surface area contributed by atoms with E-state index in [2.05, 4.69) is 50.2 Å². The van der Waals surface area contributed by atoms with Gasteiger partial charge in [0.25, 0.3) is 0 Å². The summed E-state index contributed by atoms with van der Waals surface area (Å²) in [5.74, 6) is 1.56. The van der Waals surface area contributed by atoms with E-state index in [-0.39, 0.29) is 0 Å². The third-order valence-corrected chi connectivity index (χ3v) is 4.12. The molecule has 1 unspecified atom stereocenters. The fourth-order valence-corrected chi connectivity index (χ4v) is 2.51. The van der Waals surface area contributed by atoms with Crippen molar-refractivity contribution in [2.45, 2.75) is 25.8 Å². The van der Waals surface area contributed by atoms with Gasteiger partial charge in [-0.2, -0.15) is 0 Å². The van der Waals surface area contributed by atoms with Gasteiger partial charge in [-0.25, -0.2) is 0 Å². The number of carbonyl (C=O) groups is 1. The van der Waals surface area contributed by atoms with Gasteiger partial charge in [0.1, 0.15) is 12.0 Å². The number of aryl methyl sites for hydroxylation is 1. The highest BCUT2D eigenvalue weighted by Gasteiger charge is 2.20. The Morgan fingerprint density at radius 2 is 1.80 bits per heavy atom. The zero-order valence-electron chi connectivity index (χ0n) is 18.0. The van der Waals surface area contributed by atoms with Crippen LogP contribution in [0.1, 0.15) is 27.0 Å². The van der Waals surface area contributed by atoms with Crippen molar-refractivity contribution in [3.63, 3.8) is 0 Å². The summed E-state index contributed by atoms with van der Waals surface area (Å²) in [6, 6.07) is 13.6. The van der Waals surface area contributed by atoms with Gasteiger partial charge in [-0.05, 0) is 37.1 Å². The van der Waals surface area contributed by atoms with E-state index in [1.807, 2.05) is 19.2 Å². The van der Waals surface area contributed by atoms with Gasteiger partial charge < -0.3 is 20.8 Å². The fourth-order valence-electron chi connectivity index (χ4n) is 2.51. The summed E-state index contributed by atoms with van der Waals surface area (Å²) < 4.78 is 5.70. The Labute approximate surface area is 181 Å². The average molecular weight is 408 g/mol. The van der Waals surface area contributed by atoms with Gasteiger partial charge in [-0.15, -0.1) is 0 Å². The molecule has 0 aliphatic carbocycles. The average Bonchev–Trinajstić information content (AvgIpc) is 2.80. The quantitative estimate of drug-likeness (QED) is 0.310. The number of para-hydroxylation sites is 1. The predicted octanol–water partition coefficient (Wildman–Crippen LogP) is 3.83. The summed E-state index contributed by atoms with van der Waals surface area (Å²) in [7, 11) is 2.77. The number of benzene rings is 2. The number of nitrogens with two attached hydrogens (primary N) is 1. The number of aliphatic hydroxyl groups excluding tert-OH is 1. The smallest absolute Gasteiger partial charge is 0.357 e. The van der Waals surface area contributed by atoms with Crippen LogP contribution < -0.4 is 15.7 Å². The molecular weight excluding hydrogens is 375 g/mol. The Morgan fingerprint density at radius 3 is 2.27 bits per heavy atom. The number of allylic oxidation sites excluding steroid dienone is 2. The summed E-state index contributed by atoms with van der Waals surface area (Å²) in [4.78, 5) is 10.2. The molecule has 5 nitrogen and oxygen atoms in total. The number of nitrogens with one attached hydrogen (secondary N) is 1. The number of aldehydes is 1. The normalized spacial score (nSPS) is 12.8. The van der Waals surface area contributed by atoms with Crippen molar-refractivity contribution in [1.82, 2.24) is 5.32 Å². The molecule has 0 saturated heterocycles. The van der Waals surface area contributed by atoms with Crippen LogP contribution in [0.2, 0.25) is 0 Å². The van der Waals surface area contributed by atoms with Crippen molar-refractivity contribution in [3.8, 4) is 5.75 Å². The second-order valence-corrected chi connectivity index (χ2v) is 6.28. The minimum Gasteiger partial charge on any atom is -0.562 e. The van der Waals surface area contributed by atoms with Crippen LogP contribution in [-0.4, -0.2) is 31.9 Å². The van der Waals surface area contributed by atoms with E-state index in [1.54, 1.807) is 24.3 Å². The highest BCUT2D eigenvalue weighted by molar-refractivity contribution is 6.31. The molecule has 1 aliphatic rings. The maximum Gasteiger partial charge on any atom is 0.357 e. The van der Waals surface area contributed by atoms with E-state index in [0.717, 1.165) is 37.8 Å². The van der Waals surface area contributed by atoms with Gasteiger partial charge in [0.2, 0.25) is 0 Å². The minimum absolute atomic E-state index is 0.467. The first-order valence-corrected chi connectivity index (χ1v) is 9.62. The van der Waals surface area contributed by atoms with E-state index in [4.69, 9.17) is 15.5 Å². The van der Waals surface area contributed by atoms with E-state index >= 15 is 0 Å². The van der Waals surface area contributed by atoms with Crippen LogP contribution in [0.3, 0.4) is 0 Å². The molecule has 1 heterocycles. The van der Waals surface area contributed by atoms with Gasteiger partial charge in [-0.3, -0.25) is 4.79 Å². The first-order valence-electron chi connectivity index (χ1n) is 9.62. The topological polar surface area (TPSA) is 84.6 Å². The number of fused-ring (bicyclic) bond motifs is 1. The first-order chi connectivity index (χ1) is 14.5. The van der Waals surface area contributed by atoms with E-state index < -0.39 is 0 Å². The Bertz CT molecular complexity index is 771. The molecule has 0 aromatic heterocycles. The second kappa shape index (κ2) is 16.8. The lowest BCUT2D eigenvalue weighted by molar-refractivity contribution is 0.112. The van der Waals surface area contributed by atoms with Gasteiger partial charge in [0.15, 0.2) is 0 Å². The van der Waals surface area contributed by atoms with Crippen molar-refractivity contribution in [2.75, 3.05) is 7.05 Å². The third-order valence-electron chi connectivity index (χ3n) is 4.12. The molecular formula is C24H33BN2O3. The van der Waals surface area contributed by atoms with Gasteiger partial charge in [-0.1, -0.05) is 74.4 Å². The SMILES string of the molecule is C=CC=C.C=CO.CNC1BOc2c(C)cccc2C1.NCc1ccc(C=O)cc1. The van der Waals surface area contributed by atoms with Gasteiger partial charge in [0.05, 0.1) is 6.26 Å². The minimum atomic E-state index is 0.467. The van der Waals surface area contributed by atoms with E-state index in [0.29, 0.717) is 18.0 Å². The zero-order chi connectivity index (χ0) is 22.8. The molecule has 2 aromatic carbocycles. The van der Waals surface area contributed by atoms with Gasteiger partial charge >= 0.3 is 7.48 Å². The number of hydrogen-bond donors (Lipinski definition) is 3. The molecule has 2 aromatic rings. The van der Waals surface area contributed by atoms with Crippen molar-refractivity contribution in [1.29, 1.82) is 0 Å². The third kappa shape index (κ3) is 10.5. The number of rotatable bonds is 4. The number of likely N-dealkylation sites (N-methyl/N-ethyl adjacent to an activating group) is 1. The van der Waals surface area contributed by atoms with E-state index in [9.17, 15) is 4.79 Å². The maximum absolute atomic E-state index is 10.2. The number of aliphatic hydroxyl groups is 1. The molecule has 0 fully saturated rings. The molecule has 160 valence electrons. The Balaban J connectivity index is 0.000000439. The van der Waals surface area contributed by atoms with Crippen molar-refractivity contribution in [2.24, 2.45) is 5.73 Å². The zero-order valence-corrected chi connectivity index (χ0v) is 18.0. The maximum atomic E-state index is 10.2. The van der Waals surface area contributed by atoms with Crippen LogP contribution >= 0.6 is 0 Å². The van der Waals surface area contributed by atoms with Crippen LogP contribution in [0.15, 0.2) is 80.6 Å². The molecule has 0 radical (unpaired) electrons. The molecule has 3 rings (SSSR count). The molecule has 0 amide bonds. The molecule has 1 aliphatic heterocycles. The molecule has 0 saturated carbocycles. The van der Waals surface area contributed by atoms with Crippen molar-refractivity contribution >= 4 is 13.8 Å². The molecule has 4 N–H and O–H groups in total. The molecule has 0 spiro atoms. The summed E-state index contributed by atoms with van der Waals surface area (Å²) in [5, 5.41) is 10.6. The fraction of sp³-hybridized carbons (Fsp3) is 0.208. The van der Waals surface area contributed by atoms with Crippen LogP contribution in [0.5, 0.6) is 5.75 Å². The standard InChI is InChI=1S/C10H14BNO.C8H9NO.C4H6.C2H4O/c1-7-4-3-5-8-6-9(12-2)11-13-10(7)8;9-5-7-1-3-8(6-10)4-2-7;1-3-4-2;1-2-3/h3-5,9,11-12H,6H2,1-2H3;1-4,6H,5,9H2;3-4H,1-2H2;2-3H,1H2. The van der Waals surface area contributed by atoms with Crippen molar-refractivity contribution in [3.05, 3.63) is 103 Å². The largest absolute Gasteiger partial charge is 0.562 e. The molecule has 0 bridgehead atoms. The highest BCUT2D eigenvalue weighted by atomic mass is 16.4. The lowest BCUT2D eigenvalue weighted by Gasteiger charge is -2.25. The molecule has 1 atom stereocenters. The predicted molar refractivity (Wildman–Crippen MR) is 128 cm³/mol. The monoisotopic (exact) mass is 408 g/mol. The second-order valence-electron chi connectivity index (χ2n) is 6.28. The molecule has 30 heavy (non-hydrogen) atoms. The first kappa shape index (κ1) is 26.9. The number of hydrogen-bond acceptors (Lipinski definition) is 5. The van der Waals surface area contributed by atoms with E-state index in [1.165, 1.54) is 11.1 Å². The summed E-state index contributed by atoms with van der Waals surface area (Å²) in [6.45, 7) is 12.3.